The number of aromatic nitrogens is 3. The number of rotatable bonds is 2. The van der Waals surface area contributed by atoms with Crippen molar-refractivity contribution in [3.05, 3.63) is 21.0 Å². The lowest BCUT2D eigenvalue weighted by Crippen LogP contribution is -2.36. The van der Waals surface area contributed by atoms with Crippen LogP contribution in [-0.4, -0.2) is 27.4 Å². The quantitative estimate of drug-likeness (QED) is 0.529. The minimum absolute atomic E-state index is 0.259. The van der Waals surface area contributed by atoms with E-state index in [9.17, 15) is 9.59 Å². The van der Waals surface area contributed by atoms with Gasteiger partial charge in [0.25, 0.3) is 0 Å². The highest BCUT2D eigenvalue weighted by Gasteiger charge is 2.16. The average molecular weight is 184 g/mol. The number of aromatic amines is 2. The van der Waals surface area contributed by atoms with Crippen molar-refractivity contribution in [3.8, 4) is 0 Å². The van der Waals surface area contributed by atoms with Crippen molar-refractivity contribution >= 4 is 0 Å². The van der Waals surface area contributed by atoms with Crippen LogP contribution >= 0.6 is 0 Å². The van der Waals surface area contributed by atoms with Gasteiger partial charge in [0.05, 0.1) is 0 Å². The summed E-state index contributed by atoms with van der Waals surface area (Å²) in [5, 5.41) is 7.73. The van der Waals surface area contributed by atoms with Crippen LogP contribution in [0.5, 0.6) is 0 Å². The van der Waals surface area contributed by atoms with Crippen LogP contribution in [0, 0.1) is 0 Å². The van der Waals surface area contributed by atoms with E-state index in [1.54, 1.807) is 0 Å². The van der Waals surface area contributed by atoms with Gasteiger partial charge in [-0.15, -0.1) is 0 Å². The van der Waals surface area contributed by atoms with Crippen LogP contribution in [0.1, 0.15) is 12.8 Å². The third-order valence-corrected chi connectivity index (χ3v) is 2.33. The minimum atomic E-state index is -0.362. The third-order valence-electron chi connectivity index (χ3n) is 2.33. The van der Waals surface area contributed by atoms with Crippen LogP contribution in [0.15, 0.2) is 9.59 Å². The molecule has 1 unspecified atom stereocenters. The van der Waals surface area contributed by atoms with Gasteiger partial charge in [0, 0.05) is 12.6 Å². The number of hydrogen-bond donors (Lipinski definition) is 3. The normalized spacial score (nSPS) is 22.3. The number of nitrogens with zero attached hydrogens (tertiary/aromatic N) is 1. The second-order valence-electron chi connectivity index (χ2n) is 3.26. The molecule has 2 heterocycles. The van der Waals surface area contributed by atoms with E-state index >= 15 is 0 Å². The smallest absolute Gasteiger partial charge is 0.312 e. The summed E-state index contributed by atoms with van der Waals surface area (Å²) in [6.07, 6.45) is 2.14. The Bertz CT molecular complexity index is 354. The molecule has 1 fully saturated rings. The van der Waals surface area contributed by atoms with Crippen molar-refractivity contribution in [3.63, 3.8) is 0 Å². The van der Waals surface area contributed by atoms with Gasteiger partial charge in [-0.1, -0.05) is 0 Å². The molecule has 0 aliphatic carbocycles. The maximum atomic E-state index is 11.1. The maximum Gasteiger partial charge on any atom is 0.344 e. The molecule has 1 aromatic heterocycles. The zero-order chi connectivity index (χ0) is 9.26. The molecule has 0 spiro atoms. The first-order valence-corrected chi connectivity index (χ1v) is 4.38. The van der Waals surface area contributed by atoms with Crippen molar-refractivity contribution in [1.29, 1.82) is 0 Å². The van der Waals surface area contributed by atoms with Gasteiger partial charge < -0.3 is 5.32 Å². The minimum Gasteiger partial charge on any atom is -0.312 e. The summed E-state index contributed by atoms with van der Waals surface area (Å²) in [6.45, 7) is 1.43. The van der Waals surface area contributed by atoms with Gasteiger partial charge in [0.2, 0.25) is 0 Å². The summed E-state index contributed by atoms with van der Waals surface area (Å²) >= 11 is 0. The first-order valence-electron chi connectivity index (χ1n) is 4.38. The Labute approximate surface area is 74.0 Å². The van der Waals surface area contributed by atoms with Crippen molar-refractivity contribution < 1.29 is 0 Å². The zero-order valence-corrected chi connectivity index (χ0v) is 7.17. The first-order chi connectivity index (χ1) is 6.27. The summed E-state index contributed by atoms with van der Waals surface area (Å²) in [5.74, 6) is 0. The topological polar surface area (TPSA) is 82.7 Å². The highest BCUT2D eigenvalue weighted by atomic mass is 16.2. The summed E-state index contributed by atoms with van der Waals surface area (Å²) in [7, 11) is 0. The maximum absolute atomic E-state index is 11.1. The van der Waals surface area contributed by atoms with Gasteiger partial charge in [-0.2, -0.15) is 0 Å². The van der Waals surface area contributed by atoms with Crippen LogP contribution < -0.4 is 16.7 Å². The molecule has 13 heavy (non-hydrogen) atoms. The lowest BCUT2D eigenvalue weighted by molar-refractivity contribution is 0.491. The van der Waals surface area contributed by atoms with Crippen LogP contribution in [0.3, 0.4) is 0 Å². The highest BCUT2D eigenvalue weighted by Crippen LogP contribution is 2.04. The van der Waals surface area contributed by atoms with E-state index in [1.807, 2.05) is 0 Å². The molecule has 1 aromatic rings. The molecule has 1 atom stereocenters. The Balaban J connectivity index is 2.17. The number of nitrogens with one attached hydrogen (secondary N) is 3. The molecular formula is C7H12N4O2. The zero-order valence-electron chi connectivity index (χ0n) is 7.17. The predicted octanol–water partition coefficient (Wildman–Crippen LogP) is -1.38. The third kappa shape index (κ3) is 1.57. The van der Waals surface area contributed by atoms with Crippen molar-refractivity contribution in [2.24, 2.45) is 0 Å². The Morgan fingerprint density at radius 2 is 2.00 bits per heavy atom. The van der Waals surface area contributed by atoms with Crippen LogP contribution in [0.2, 0.25) is 0 Å². The molecule has 3 N–H and O–H groups in total. The van der Waals surface area contributed by atoms with Gasteiger partial charge in [-0.3, -0.25) is 0 Å². The molecule has 1 aliphatic rings. The molecular weight excluding hydrogens is 172 g/mol. The predicted molar refractivity (Wildman–Crippen MR) is 46.7 cm³/mol. The molecule has 1 saturated heterocycles. The molecule has 0 saturated carbocycles. The van der Waals surface area contributed by atoms with Crippen LogP contribution in [0.4, 0.5) is 0 Å². The van der Waals surface area contributed by atoms with E-state index in [-0.39, 0.29) is 17.4 Å². The fourth-order valence-corrected chi connectivity index (χ4v) is 1.63. The second kappa shape index (κ2) is 3.21. The average Bonchev–Trinajstić information content (AvgIpc) is 2.70. The van der Waals surface area contributed by atoms with Crippen molar-refractivity contribution in [2.45, 2.75) is 25.4 Å². The van der Waals surface area contributed by atoms with Crippen molar-refractivity contribution in [1.82, 2.24) is 20.1 Å². The van der Waals surface area contributed by atoms with Gasteiger partial charge in [0.1, 0.15) is 0 Å². The van der Waals surface area contributed by atoms with Crippen molar-refractivity contribution in [2.75, 3.05) is 6.54 Å². The highest BCUT2D eigenvalue weighted by molar-refractivity contribution is 4.77. The largest absolute Gasteiger partial charge is 0.344 e. The summed E-state index contributed by atoms with van der Waals surface area (Å²) in [6, 6.07) is 0.259. The molecule has 6 nitrogen and oxygen atoms in total. The second-order valence-corrected chi connectivity index (χ2v) is 3.26. The molecule has 2 rings (SSSR count). The fraction of sp³-hybridized carbons (Fsp3) is 0.714. The SMILES string of the molecule is O=c1[nH][nH]c(=O)n1CC1CCCN1. The molecule has 0 bridgehead atoms. The van der Waals surface area contributed by atoms with Gasteiger partial charge >= 0.3 is 11.4 Å². The number of hydrogen-bond acceptors (Lipinski definition) is 3. The van der Waals surface area contributed by atoms with Crippen LogP contribution in [0.25, 0.3) is 0 Å². The Morgan fingerprint density at radius 3 is 2.54 bits per heavy atom. The monoisotopic (exact) mass is 184 g/mol. The molecule has 1 aliphatic heterocycles. The summed E-state index contributed by atoms with van der Waals surface area (Å²) in [4.78, 5) is 22.2. The number of H-pyrrole nitrogens is 2. The first kappa shape index (κ1) is 8.31. The molecule has 0 radical (unpaired) electrons. The van der Waals surface area contributed by atoms with Gasteiger partial charge in [-0.05, 0) is 19.4 Å². The fourth-order valence-electron chi connectivity index (χ4n) is 1.63. The van der Waals surface area contributed by atoms with E-state index in [2.05, 4.69) is 15.5 Å². The Morgan fingerprint density at radius 1 is 1.31 bits per heavy atom. The lowest BCUT2D eigenvalue weighted by Gasteiger charge is -2.07. The van der Waals surface area contributed by atoms with E-state index in [0.717, 1.165) is 19.4 Å². The Hall–Kier alpha value is -1.30. The van der Waals surface area contributed by atoms with E-state index < -0.39 is 0 Å². The van der Waals surface area contributed by atoms with E-state index in [1.165, 1.54) is 4.57 Å². The van der Waals surface area contributed by atoms with Gasteiger partial charge in [0.15, 0.2) is 0 Å². The molecule has 6 heteroatoms. The standard InChI is InChI=1S/C7H12N4O2/c12-6-9-10-7(13)11(6)4-5-2-1-3-8-5/h5,8H,1-4H2,(H,9,12)(H,10,13). The van der Waals surface area contributed by atoms with Gasteiger partial charge in [-0.25, -0.2) is 24.4 Å². The molecule has 72 valence electrons. The van der Waals surface area contributed by atoms with E-state index in [0.29, 0.717) is 6.54 Å². The molecule has 0 amide bonds. The van der Waals surface area contributed by atoms with E-state index in [4.69, 9.17) is 0 Å². The molecule has 0 aromatic carbocycles. The summed E-state index contributed by atoms with van der Waals surface area (Å²) < 4.78 is 1.18. The summed E-state index contributed by atoms with van der Waals surface area (Å²) in [5.41, 5.74) is -0.725. The lowest BCUT2D eigenvalue weighted by atomic mass is 10.2. The van der Waals surface area contributed by atoms with Crippen LogP contribution in [-0.2, 0) is 6.54 Å². The Kier molecular flexibility index (Phi) is 2.05.